The van der Waals surface area contributed by atoms with Crippen molar-refractivity contribution in [1.82, 2.24) is 4.90 Å². The number of benzene rings is 1. The van der Waals surface area contributed by atoms with Crippen molar-refractivity contribution >= 4 is 11.9 Å². The molecule has 1 aliphatic carbocycles. The lowest BCUT2D eigenvalue weighted by atomic mass is 9.73. The number of amides is 1. The summed E-state index contributed by atoms with van der Waals surface area (Å²) in [5.74, 6) is -2.43. The number of nitrogens with zero attached hydrogens (tertiary/aromatic N) is 1. The Bertz CT molecular complexity index is 503. The van der Waals surface area contributed by atoms with E-state index in [2.05, 4.69) is 0 Å². The number of carbonyl (C=O) groups is 2. The van der Waals surface area contributed by atoms with Crippen molar-refractivity contribution in [3.05, 3.63) is 35.6 Å². The maximum atomic E-state index is 13.0. The topological polar surface area (TPSA) is 57.6 Å². The van der Waals surface area contributed by atoms with Crippen LogP contribution >= 0.6 is 0 Å². The summed E-state index contributed by atoms with van der Waals surface area (Å²) in [4.78, 5) is 24.5. The zero-order valence-electron chi connectivity index (χ0n) is 10.7. The van der Waals surface area contributed by atoms with Crippen molar-refractivity contribution in [3.63, 3.8) is 0 Å². The molecule has 1 aromatic rings. The Labute approximate surface area is 110 Å². The molecule has 1 fully saturated rings. The van der Waals surface area contributed by atoms with E-state index < -0.39 is 17.8 Å². The fourth-order valence-electron chi connectivity index (χ4n) is 2.36. The van der Waals surface area contributed by atoms with Crippen LogP contribution in [0.1, 0.15) is 18.4 Å². The molecule has 0 aliphatic heterocycles. The molecule has 1 amide bonds. The lowest BCUT2D eigenvalue weighted by Crippen LogP contribution is -2.44. The standard InChI is InChI=1S/C14H16FNO3/c1-16(8-9-3-2-4-10(15)7-9)13(17)11-5-6-12(11)14(18)19/h2-4,7,11-12H,5-6,8H2,1H3,(H,18,19). The molecule has 1 N–H and O–H groups in total. The van der Waals surface area contributed by atoms with E-state index in [1.165, 1.54) is 17.0 Å². The first-order valence-corrected chi connectivity index (χ1v) is 6.21. The highest BCUT2D eigenvalue weighted by Gasteiger charge is 2.42. The molecule has 2 atom stereocenters. The summed E-state index contributed by atoms with van der Waals surface area (Å²) in [5.41, 5.74) is 0.696. The molecular weight excluding hydrogens is 249 g/mol. The summed E-state index contributed by atoms with van der Waals surface area (Å²) in [7, 11) is 1.62. The second kappa shape index (κ2) is 5.38. The van der Waals surface area contributed by atoms with Crippen LogP contribution in [0, 0.1) is 17.7 Å². The van der Waals surface area contributed by atoms with Gasteiger partial charge in [0.2, 0.25) is 5.91 Å². The van der Waals surface area contributed by atoms with E-state index in [4.69, 9.17) is 5.11 Å². The van der Waals surface area contributed by atoms with Gasteiger partial charge < -0.3 is 10.0 Å². The lowest BCUT2D eigenvalue weighted by Gasteiger charge is -2.35. The zero-order valence-corrected chi connectivity index (χ0v) is 10.7. The van der Waals surface area contributed by atoms with E-state index in [9.17, 15) is 14.0 Å². The van der Waals surface area contributed by atoms with Crippen LogP contribution in [0.2, 0.25) is 0 Å². The van der Waals surface area contributed by atoms with Gasteiger partial charge in [-0.2, -0.15) is 0 Å². The van der Waals surface area contributed by atoms with Crippen LogP contribution in [-0.4, -0.2) is 28.9 Å². The van der Waals surface area contributed by atoms with Gasteiger partial charge in [-0.25, -0.2) is 4.39 Å². The summed E-state index contributed by atoms with van der Waals surface area (Å²) >= 11 is 0. The smallest absolute Gasteiger partial charge is 0.307 e. The predicted molar refractivity (Wildman–Crippen MR) is 66.7 cm³/mol. The second-order valence-corrected chi connectivity index (χ2v) is 4.95. The van der Waals surface area contributed by atoms with E-state index in [1.807, 2.05) is 0 Å². The van der Waals surface area contributed by atoms with Crippen molar-refractivity contribution in [2.75, 3.05) is 7.05 Å². The molecular formula is C14H16FNO3. The van der Waals surface area contributed by atoms with Gasteiger partial charge >= 0.3 is 5.97 Å². The fourth-order valence-corrected chi connectivity index (χ4v) is 2.36. The lowest BCUT2D eigenvalue weighted by molar-refractivity contribution is -0.156. The summed E-state index contributed by atoms with van der Waals surface area (Å²) in [6.07, 6.45) is 1.17. The van der Waals surface area contributed by atoms with E-state index >= 15 is 0 Å². The van der Waals surface area contributed by atoms with Crippen molar-refractivity contribution < 1.29 is 19.1 Å². The first-order chi connectivity index (χ1) is 8.99. The zero-order chi connectivity index (χ0) is 14.0. The third-order valence-corrected chi connectivity index (χ3v) is 3.59. The molecule has 0 saturated heterocycles. The Hall–Kier alpha value is -1.91. The van der Waals surface area contributed by atoms with Gasteiger partial charge in [0, 0.05) is 13.6 Å². The molecule has 0 radical (unpaired) electrons. The predicted octanol–water partition coefficient (Wildman–Crippen LogP) is 1.89. The Morgan fingerprint density at radius 3 is 2.58 bits per heavy atom. The van der Waals surface area contributed by atoms with E-state index in [0.717, 1.165) is 0 Å². The fraction of sp³-hybridized carbons (Fsp3) is 0.429. The van der Waals surface area contributed by atoms with Crippen LogP contribution in [0.4, 0.5) is 4.39 Å². The number of hydrogen-bond acceptors (Lipinski definition) is 2. The SMILES string of the molecule is CN(Cc1cccc(F)c1)C(=O)C1CCC1C(=O)O. The molecule has 19 heavy (non-hydrogen) atoms. The molecule has 4 nitrogen and oxygen atoms in total. The van der Waals surface area contributed by atoms with Gasteiger partial charge in [0.25, 0.3) is 0 Å². The summed E-state index contributed by atoms with van der Waals surface area (Å²) in [6, 6.07) is 6.05. The molecule has 0 aromatic heterocycles. The van der Waals surface area contributed by atoms with Crippen LogP contribution in [0.5, 0.6) is 0 Å². The third-order valence-electron chi connectivity index (χ3n) is 3.59. The highest BCUT2D eigenvalue weighted by molar-refractivity contribution is 5.86. The number of aliphatic carboxylic acids is 1. The van der Waals surface area contributed by atoms with Crippen LogP contribution in [-0.2, 0) is 16.1 Å². The largest absolute Gasteiger partial charge is 0.481 e. The van der Waals surface area contributed by atoms with Crippen molar-refractivity contribution in [2.24, 2.45) is 11.8 Å². The monoisotopic (exact) mass is 265 g/mol. The number of carboxylic acid groups (broad SMARTS) is 1. The first-order valence-electron chi connectivity index (χ1n) is 6.21. The Kier molecular flexibility index (Phi) is 3.83. The second-order valence-electron chi connectivity index (χ2n) is 4.95. The van der Waals surface area contributed by atoms with Crippen LogP contribution in [0.25, 0.3) is 0 Å². The minimum Gasteiger partial charge on any atom is -0.481 e. The molecule has 0 bridgehead atoms. The van der Waals surface area contributed by atoms with Crippen molar-refractivity contribution in [2.45, 2.75) is 19.4 Å². The molecule has 1 aromatic carbocycles. The quantitative estimate of drug-likeness (QED) is 0.904. The molecule has 0 heterocycles. The number of carboxylic acids is 1. The van der Waals surface area contributed by atoms with E-state index in [0.29, 0.717) is 24.9 Å². The summed E-state index contributed by atoms with van der Waals surface area (Å²) < 4.78 is 13.0. The minimum atomic E-state index is -0.913. The Balaban J connectivity index is 1.98. The molecule has 5 heteroatoms. The van der Waals surface area contributed by atoms with Crippen molar-refractivity contribution in [3.8, 4) is 0 Å². The van der Waals surface area contributed by atoms with Crippen LogP contribution in [0.15, 0.2) is 24.3 Å². The van der Waals surface area contributed by atoms with Gasteiger partial charge in [-0.1, -0.05) is 12.1 Å². The Morgan fingerprint density at radius 2 is 2.05 bits per heavy atom. The van der Waals surface area contributed by atoms with Gasteiger partial charge in [-0.3, -0.25) is 9.59 Å². The molecule has 2 rings (SSSR count). The van der Waals surface area contributed by atoms with E-state index in [-0.39, 0.29) is 11.7 Å². The number of rotatable bonds is 4. The summed E-state index contributed by atoms with van der Waals surface area (Å²) in [6.45, 7) is 0.291. The highest BCUT2D eigenvalue weighted by atomic mass is 19.1. The van der Waals surface area contributed by atoms with Gasteiger partial charge in [-0.05, 0) is 30.5 Å². The molecule has 1 aliphatic rings. The highest BCUT2D eigenvalue weighted by Crippen LogP contribution is 2.35. The molecule has 1 saturated carbocycles. The van der Waals surface area contributed by atoms with Gasteiger partial charge in [0.05, 0.1) is 11.8 Å². The minimum absolute atomic E-state index is 0.178. The Morgan fingerprint density at radius 1 is 1.37 bits per heavy atom. The van der Waals surface area contributed by atoms with E-state index in [1.54, 1.807) is 19.2 Å². The molecule has 102 valence electrons. The third kappa shape index (κ3) is 2.92. The van der Waals surface area contributed by atoms with Gasteiger partial charge in [0.1, 0.15) is 5.82 Å². The van der Waals surface area contributed by atoms with Crippen molar-refractivity contribution in [1.29, 1.82) is 0 Å². The molecule has 0 spiro atoms. The maximum absolute atomic E-state index is 13.0. The van der Waals surface area contributed by atoms with Gasteiger partial charge in [0.15, 0.2) is 0 Å². The molecule has 2 unspecified atom stereocenters. The van der Waals surface area contributed by atoms with Crippen LogP contribution in [0.3, 0.4) is 0 Å². The number of hydrogen-bond donors (Lipinski definition) is 1. The summed E-state index contributed by atoms with van der Waals surface area (Å²) in [5, 5.41) is 8.94. The first kappa shape index (κ1) is 13.5. The number of halogens is 1. The van der Waals surface area contributed by atoms with Crippen LogP contribution < -0.4 is 0 Å². The normalized spacial score (nSPS) is 21.6. The average molecular weight is 265 g/mol. The maximum Gasteiger partial charge on any atom is 0.307 e. The number of carbonyl (C=O) groups excluding carboxylic acids is 1. The van der Waals surface area contributed by atoms with Gasteiger partial charge in [-0.15, -0.1) is 0 Å². The average Bonchev–Trinajstić information content (AvgIpc) is 2.26.